The van der Waals surface area contributed by atoms with Gasteiger partial charge in [-0.25, -0.2) is 18.4 Å². The van der Waals surface area contributed by atoms with Crippen LogP contribution in [0.5, 0.6) is 0 Å². The van der Waals surface area contributed by atoms with Crippen molar-refractivity contribution >= 4 is 22.0 Å². The quantitative estimate of drug-likeness (QED) is 0.514. The van der Waals surface area contributed by atoms with Crippen LogP contribution < -0.4 is 10.5 Å². The zero-order chi connectivity index (χ0) is 15.8. The van der Waals surface area contributed by atoms with Crippen LogP contribution in [0, 0.1) is 0 Å². The van der Waals surface area contributed by atoms with E-state index in [-0.39, 0.29) is 37.2 Å². The van der Waals surface area contributed by atoms with Crippen LogP contribution in [0.3, 0.4) is 0 Å². The zero-order valence-corrected chi connectivity index (χ0v) is 12.6. The number of primary sulfonamides is 1. The Morgan fingerprint density at radius 1 is 1.30 bits per heavy atom. The SMILES string of the molecule is CC(C)N(CCCC(=O)O)C(=O)NCCCS(N)(=O)=O. The highest BCUT2D eigenvalue weighted by molar-refractivity contribution is 7.89. The lowest BCUT2D eigenvalue weighted by Gasteiger charge is -2.26. The molecule has 8 nitrogen and oxygen atoms in total. The average molecular weight is 309 g/mol. The number of carboxylic acid groups (broad SMARTS) is 1. The number of nitrogens with one attached hydrogen (secondary N) is 1. The molecular formula is C11H23N3O5S. The molecule has 0 spiro atoms. The van der Waals surface area contributed by atoms with Crippen molar-refractivity contribution in [1.82, 2.24) is 10.2 Å². The second-order valence-electron chi connectivity index (χ2n) is 4.74. The van der Waals surface area contributed by atoms with E-state index in [0.717, 1.165) is 0 Å². The van der Waals surface area contributed by atoms with Gasteiger partial charge >= 0.3 is 12.0 Å². The summed E-state index contributed by atoms with van der Waals surface area (Å²) >= 11 is 0. The Morgan fingerprint density at radius 3 is 2.35 bits per heavy atom. The van der Waals surface area contributed by atoms with Gasteiger partial charge in [-0.1, -0.05) is 0 Å². The molecule has 118 valence electrons. The molecule has 0 aliphatic heterocycles. The van der Waals surface area contributed by atoms with Crippen LogP contribution in [-0.4, -0.2) is 55.3 Å². The van der Waals surface area contributed by atoms with Gasteiger partial charge in [0.05, 0.1) is 5.75 Å². The number of carboxylic acids is 1. The number of hydrogen-bond acceptors (Lipinski definition) is 4. The molecule has 0 rings (SSSR count). The van der Waals surface area contributed by atoms with Gasteiger partial charge in [-0.05, 0) is 26.7 Å². The van der Waals surface area contributed by atoms with Gasteiger partial charge in [-0.3, -0.25) is 4.79 Å². The highest BCUT2D eigenvalue weighted by Crippen LogP contribution is 2.02. The molecule has 0 aliphatic rings. The molecule has 0 aromatic heterocycles. The second-order valence-corrected chi connectivity index (χ2v) is 6.47. The molecule has 0 saturated heterocycles. The maximum Gasteiger partial charge on any atom is 0.317 e. The molecule has 0 aliphatic carbocycles. The van der Waals surface area contributed by atoms with Gasteiger partial charge in [0.1, 0.15) is 0 Å². The van der Waals surface area contributed by atoms with Crippen LogP contribution in [0.15, 0.2) is 0 Å². The molecule has 0 fully saturated rings. The molecule has 0 bridgehead atoms. The molecule has 20 heavy (non-hydrogen) atoms. The Bertz CT molecular complexity index is 422. The third kappa shape index (κ3) is 9.56. The molecule has 0 atom stereocenters. The average Bonchev–Trinajstić information content (AvgIpc) is 2.28. The number of sulfonamides is 1. The number of hydrogen-bond donors (Lipinski definition) is 3. The van der Waals surface area contributed by atoms with E-state index in [9.17, 15) is 18.0 Å². The Labute approximate surface area is 119 Å². The van der Waals surface area contributed by atoms with Gasteiger partial charge in [0.25, 0.3) is 0 Å². The van der Waals surface area contributed by atoms with E-state index in [1.165, 1.54) is 4.90 Å². The first-order valence-electron chi connectivity index (χ1n) is 6.40. The standard InChI is InChI=1S/C11H23N3O5S/c1-9(2)14(7-3-5-10(15)16)11(17)13-6-4-8-20(12,18)19/h9H,3-8H2,1-2H3,(H,13,17)(H,15,16)(H2,12,18,19). The summed E-state index contributed by atoms with van der Waals surface area (Å²) in [6.07, 6.45) is 0.617. The van der Waals surface area contributed by atoms with Crippen LogP contribution in [0.2, 0.25) is 0 Å². The lowest BCUT2D eigenvalue weighted by molar-refractivity contribution is -0.137. The summed E-state index contributed by atoms with van der Waals surface area (Å²) in [6, 6.07) is -0.401. The van der Waals surface area contributed by atoms with Crippen LogP contribution in [-0.2, 0) is 14.8 Å². The minimum Gasteiger partial charge on any atom is -0.481 e. The Kier molecular flexibility index (Phi) is 8.16. The van der Waals surface area contributed by atoms with Crippen LogP contribution in [0.1, 0.15) is 33.1 Å². The van der Waals surface area contributed by atoms with E-state index in [0.29, 0.717) is 13.0 Å². The number of nitrogens with zero attached hydrogens (tertiary/aromatic N) is 1. The van der Waals surface area contributed by atoms with Crippen molar-refractivity contribution in [1.29, 1.82) is 0 Å². The molecule has 0 radical (unpaired) electrons. The monoisotopic (exact) mass is 309 g/mol. The molecule has 9 heteroatoms. The fourth-order valence-corrected chi connectivity index (χ4v) is 2.11. The normalized spacial score (nSPS) is 11.4. The molecule has 0 unspecified atom stereocenters. The van der Waals surface area contributed by atoms with E-state index in [1.54, 1.807) is 0 Å². The minimum absolute atomic E-state index is 0.00190. The molecule has 4 N–H and O–H groups in total. The smallest absolute Gasteiger partial charge is 0.317 e. The number of carbonyl (C=O) groups excluding carboxylic acids is 1. The van der Waals surface area contributed by atoms with Gasteiger partial charge in [0.15, 0.2) is 0 Å². The van der Waals surface area contributed by atoms with Crippen molar-refractivity contribution in [2.75, 3.05) is 18.8 Å². The molecule has 0 aromatic carbocycles. The number of carbonyl (C=O) groups is 2. The summed E-state index contributed by atoms with van der Waals surface area (Å²) in [4.78, 5) is 23.8. The maximum atomic E-state index is 11.9. The third-order valence-electron chi connectivity index (χ3n) is 2.56. The minimum atomic E-state index is -3.51. The predicted octanol–water partition coefficient (Wildman–Crippen LogP) is -0.0502. The highest BCUT2D eigenvalue weighted by Gasteiger charge is 2.16. The molecule has 2 amide bonds. The van der Waals surface area contributed by atoms with Gasteiger partial charge in [-0.15, -0.1) is 0 Å². The van der Waals surface area contributed by atoms with E-state index in [4.69, 9.17) is 10.2 Å². The van der Waals surface area contributed by atoms with Crippen molar-refractivity contribution in [3.63, 3.8) is 0 Å². The van der Waals surface area contributed by atoms with Crippen molar-refractivity contribution in [2.45, 2.75) is 39.2 Å². The topological polar surface area (TPSA) is 130 Å². The van der Waals surface area contributed by atoms with Gasteiger partial charge < -0.3 is 15.3 Å². The summed E-state index contributed by atoms with van der Waals surface area (Å²) < 4.78 is 21.4. The van der Waals surface area contributed by atoms with Crippen molar-refractivity contribution in [2.24, 2.45) is 5.14 Å². The lowest BCUT2D eigenvalue weighted by Crippen LogP contribution is -2.45. The number of nitrogens with two attached hydrogens (primary N) is 1. The van der Waals surface area contributed by atoms with Crippen molar-refractivity contribution in [3.05, 3.63) is 0 Å². The summed E-state index contributed by atoms with van der Waals surface area (Å²) in [5.41, 5.74) is 0. The van der Waals surface area contributed by atoms with E-state index < -0.39 is 16.0 Å². The first-order valence-corrected chi connectivity index (χ1v) is 8.11. The van der Waals surface area contributed by atoms with Crippen LogP contribution in [0.25, 0.3) is 0 Å². The summed E-state index contributed by atoms with van der Waals surface area (Å²) in [5, 5.41) is 16.0. The maximum absolute atomic E-state index is 11.9. The van der Waals surface area contributed by atoms with Crippen molar-refractivity contribution in [3.8, 4) is 0 Å². The highest BCUT2D eigenvalue weighted by atomic mass is 32.2. The summed E-state index contributed by atoms with van der Waals surface area (Å²) in [5.74, 6) is -1.09. The fourth-order valence-electron chi connectivity index (χ4n) is 1.57. The van der Waals surface area contributed by atoms with Crippen LogP contribution in [0.4, 0.5) is 4.79 Å². The first-order chi connectivity index (χ1) is 9.13. The van der Waals surface area contributed by atoms with Gasteiger partial charge in [-0.2, -0.15) is 0 Å². The zero-order valence-electron chi connectivity index (χ0n) is 11.8. The third-order valence-corrected chi connectivity index (χ3v) is 3.41. The molecule has 0 heterocycles. The van der Waals surface area contributed by atoms with Gasteiger partial charge in [0.2, 0.25) is 10.0 Å². The number of rotatable bonds is 9. The van der Waals surface area contributed by atoms with E-state index in [2.05, 4.69) is 5.32 Å². The number of urea groups is 1. The number of aliphatic carboxylic acids is 1. The summed E-state index contributed by atoms with van der Waals surface area (Å²) in [7, 11) is -3.51. The lowest BCUT2D eigenvalue weighted by atomic mass is 10.2. The second kappa shape index (κ2) is 8.75. The Balaban J connectivity index is 4.13. The molecular weight excluding hydrogens is 286 g/mol. The fraction of sp³-hybridized carbons (Fsp3) is 0.818. The number of amides is 2. The van der Waals surface area contributed by atoms with E-state index >= 15 is 0 Å². The van der Waals surface area contributed by atoms with Crippen LogP contribution >= 0.6 is 0 Å². The molecule has 0 aromatic rings. The first kappa shape index (κ1) is 18.7. The molecule has 0 saturated carbocycles. The Hall–Kier alpha value is -1.35. The Morgan fingerprint density at radius 2 is 1.90 bits per heavy atom. The summed E-state index contributed by atoms with van der Waals surface area (Å²) in [6.45, 7) is 4.19. The van der Waals surface area contributed by atoms with Crippen molar-refractivity contribution < 1.29 is 23.1 Å². The largest absolute Gasteiger partial charge is 0.481 e. The van der Waals surface area contributed by atoms with Gasteiger partial charge in [0, 0.05) is 25.6 Å². The predicted molar refractivity (Wildman–Crippen MR) is 74.7 cm³/mol. The van der Waals surface area contributed by atoms with E-state index in [1.807, 2.05) is 13.8 Å².